The lowest BCUT2D eigenvalue weighted by Crippen LogP contribution is -2.36. The lowest BCUT2D eigenvalue weighted by molar-refractivity contribution is 0.0947. The number of benzene rings is 2. The molecule has 1 amide bonds. The molecule has 0 bridgehead atoms. The SMILES string of the molecule is O=C(NCCOc1ccccc1)c1ccnc(Nc2ccc(N3CCOCC3)cc2)c1. The number of pyridine rings is 1. The molecule has 31 heavy (non-hydrogen) atoms. The van der Waals surface area contributed by atoms with Crippen molar-refractivity contribution in [3.63, 3.8) is 0 Å². The zero-order chi connectivity index (χ0) is 21.3. The fraction of sp³-hybridized carbons (Fsp3) is 0.250. The van der Waals surface area contributed by atoms with Crippen LogP contribution in [-0.4, -0.2) is 50.3 Å². The van der Waals surface area contributed by atoms with Gasteiger partial charge in [0.2, 0.25) is 0 Å². The van der Waals surface area contributed by atoms with Gasteiger partial charge >= 0.3 is 0 Å². The molecule has 1 aromatic heterocycles. The minimum absolute atomic E-state index is 0.162. The maximum atomic E-state index is 12.4. The number of para-hydroxylation sites is 1. The van der Waals surface area contributed by atoms with Crippen LogP contribution in [0, 0.1) is 0 Å². The Morgan fingerprint density at radius 2 is 1.81 bits per heavy atom. The van der Waals surface area contributed by atoms with E-state index in [1.54, 1.807) is 18.3 Å². The molecule has 0 radical (unpaired) electrons. The second kappa shape index (κ2) is 10.4. The van der Waals surface area contributed by atoms with E-state index < -0.39 is 0 Å². The molecule has 4 rings (SSSR count). The van der Waals surface area contributed by atoms with Crippen LogP contribution in [0.25, 0.3) is 0 Å². The minimum Gasteiger partial charge on any atom is -0.492 e. The molecule has 1 aliphatic rings. The van der Waals surface area contributed by atoms with Crippen LogP contribution in [0.4, 0.5) is 17.2 Å². The molecule has 0 atom stereocenters. The Morgan fingerprint density at radius 3 is 2.58 bits per heavy atom. The molecular weight excluding hydrogens is 392 g/mol. The van der Waals surface area contributed by atoms with Gasteiger partial charge in [0.25, 0.3) is 5.91 Å². The van der Waals surface area contributed by atoms with Crippen LogP contribution in [-0.2, 0) is 4.74 Å². The number of carbonyl (C=O) groups excluding carboxylic acids is 1. The highest BCUT2D eigenvalue weighted by Crippen LogP contribution is 2.21. The largest absolute Gasteiger partial charge is 0.492 e. The van der Waals surface area contributed by atoms with Crippen molar-refractivity contribution in [1.29, 1.82) is 0 Å². The first-order chi connectivity index (χ1) is 15.3. The molecule has 3 aromatic rings. The molecule has 0 aliphatic carbocycles. The van der Waals surface area contributed by atoms with Gasteiger partial charge in [-0.1, -0.05) is 18.2 Å². The van der Waals surface area contributed by atoms with Gasteiger partial charge in [0.05, 0.1) is 19.8 Å². The van der Waals surface area contributed by atoms with E-state index in [2.05, 4.69) is 32.7 Å². The molecular formula is C24H26N4O3. The third-order valence-corrected chi connectivity index (χ3v) is 4.94. The van der Waals surface area contributed by atoms with Crippen LogP contribution < -0.4 is 20.3 Å². The lowest BCUT2D eigenvalue weighted by atomic mass is 10.2. The summed E-state index contributed by atoms with van der Waals surface area (Å²) in [5, 5.41) is 6.13. The fourth-order valence-corrected chi connectivity index (χ4v) is 3.32. The predicted molar refractivity (Wildman–Crippen MR) is 121 cm³/mol. The number of anilines is 3. The summed E-state index contributed by atoms with van der Waals surface area (Å²) in [4.78, 5) is 19.1. The van der Waals surface area contributed by atoms with E-state index in [0.29, 0.717) is 24.5 Å². The summed E-state index contributed by atoms with van der Waals surface area (Å²) in [6, 6.07) is 21.1. The van der Waals surface area contributed by atoms with Crippen LogP contribution in [0.1, 0.15) is 10.4 Å². The molecule has 2 N–H and O–H groups in total. The summed E-state index contributed by atoms with van der Waals surface area (Å²) in [6.07, 6.45) is 1.62. The Kier molecular flexibility index (Phi) is 6.97. The first-order valence-electron chi connectivity index (χ1n) is 10.4. The number of hydrogen-bond donors (Lipinski definition) is 2. The third-order valence-electron chi connectivity index (χ3n) is 4.94. The average Bonchev–Trinajstić information content (AvgIpc) is 2.83. The molecule has 1 fully saturated rings. The van der Waals surface area contributed by atoms with Gasteiger partial charge in [-0.15, -0.1) is 0 Å². The Bertz CT molecular complexity index is 974. The molecule has 0 spiro atoms. The second-order valence-corrected chi connectivity index (χ2v) is 7.12. The zero-order valence-corrected chi connectivity index (χ0v) is 17.3. The van der Waals surface area contributed by atoms with E-state index in [9.17, 15) is 4.79 Å². The number of nitrogens with zero attached hydrogens (tertiary/aromatic N) is 2. The summed E-state index contributed by atoms with van der Waals surface area (Å²) >= 11 is 0. The van der Waals surface area contributed by atoms with Crippen molar-refractivity contribution >= 4 is 23.1 Å². The van der Waals surface area contributed by atoms with Gasteiger partial charge in [-0.2, -0.15) is 0 Å². The highest BCUT2D eigenvalue weighted by Gasteiger charge is 2.11. The highest BCUT2D eigenvalue weighted by atomic mass is 16.5. The maximum Gasteiger partial charge on any atom is 0.251 e. The van der Waals surface area contributed by atoms with E-state index in [4.69, 9.17) is 9.47 Å². The number of nitrogens with one attached hydrogen (secondary N) is 2. The van der Waals surface area contributed by atoms with E-state index in [1.807, 2.05) is 42.5 Å². The summed E-state index contributed by atoms with van der Waals surface area (Å²) in [6.45, 7) is 4.15. The summed E-state index contributed by atoms with van der Waals surface area (Å²) in [5.41, 5.74) is 2.63. The molecule has 7 nitrogen and oxygen atoms in total. The third kappa shape index (κ3) is 5.96. The molecule has 2 aromatic carbocycles. The molecule has 1 saturated heterocycles. The Morgan fingerprint density at radius 1 is 1.03 bits per heavy atom. The molecule has 160 valence electrons. The van der Waals surface area contributed by atoms with Gasteiger partial charge < -0.3 is 25.0 Å². The van der Waals surface area contributed by atoms with Crippen LogP contribution in [0.2, 0.25) is 0 Å². The number of amides is 1. The van der Waals surface area contributed by atoms with Gasteiger partial charge in [-0.25, -0.2) is 4.98 Å². The smallest absolute Gasteiger partial charge is 0.251 e. The number of hydrogen-bond acceptors (Lipinski definition) is 6. The van der Waals surface area contributed by atoms with Crippen molar-refractivity contribution in [2.24, 2.45) is 0 Å². The summed E-state index contributed by atoms with van der Waals surface area (Å²) < 4.78 is 11.0. The molecule has 1 aliphatic heterocycles. The fourth-order valence-electron chi connectivity index (χ4n) is 3.32. The predicted octanol–water partition coefficient (Wildman–Crippen LogP) is 3.47. The van der Waals surface area contributed by atoms with Crippen molar-refractivity contribution in [3.8, 4) is 5.75 Å². The zero-order valence-electron chi connectivity index (χ0n) is 17.3. The van der Waals surface area contributed by atoms with Crippen LogP contribution in [0.15, 0.2) is 72.9 Å². The second-order valence-electron chi connectivity index (χ2n) is 7.12. The number of carbonyl (C=O) groups is 1. The monoisotopic (exact) mass is 418 g/mol. The normalized spacial score (nSPS) is 13.5. The Labute approximate surface area is 182 Å². The topological polar surface area (TPSA) is 75.7 Å². The van der Waals surface area contributed by atoms with Gasteiger partial charge in [0.1, 0.15) is 18.2 Å². The van der Waals surface area contributed by atoms with Gasteiger partial charge in [-0.3, -0.25) is 4.79 Å². The summed E-state index contributed by atoms with van der Waals surface area (Å²) in [5.74, 6) is 1.24. The van der Waals surface area contributed by atoms with Crippen molar-refractivity contribution in [2.45, 2.75) is 0 Å². The van der Waals surface area contributed by atoms with E-state index in [-0.39, 0.29) is 5.91 Å². The number of morpholine rings is 1. The van der Waals surface area contributed by atoms with Crippen LogP contribution >= 0.6 is 0 Å². The summed E-state index contributed by atoms with van der Waals surface area (Å²) in [7, 11) is 0. The van der Waals surface area contributed by atoms with E-state index in [0.717, 1.165) is 37.7 Å². The minimum atomic E-state index is -0.162. The van der Waals surface area contributed by atoms with Crippen molar-refractivity contribution < 1.29 is 14.3 Å². The molecule has 2 heterocycles. The number of ether oxygens (including phenoxy) is 2. The number of aromatic nitrogens is 1. The first kappa shape index (κ1) is 20.7. The number of rotatable bonds is 8. The average molecular weight is 418 g/mol. The lowest BCUT2D eigenvalue weighted by Gasteiger charge is -2.28. The highest BCUT2D eigenvalue weighted by molar-refractivity contribution is 5.94. The Balaban J connectivity index is 1.28. The quantitative estimate of drug-likeness (QED) is 0.546. The van der Waals surface area contributed by atoms with Crippen LogP contribution in [0.5, 0.6) is 5.75 Å². The van der Waals surface area contributed by atoms with Gasteiger partial charge in [0.15, 0.2) is 0 Å². The maximum absolute atomic E-state index is 12.4. The van der Waals surface area contributed by atoms with E-state index >= 15 is 0 Å². The van der Waals surface area contributed by atoms with Crippen molar-refractivity contribution in [2.75, 3.05) is 49.7 Å². The first-order valence-corrected chi connectivity index (χ1v) is 10.4. The van der Waals surface area contributed by atoms with Crippen molar-refractivity contribution in [1.82, 2.24) is 10.3 Å². The van der Waals surface area contributed by atoms with Gasteiger partial charge in [0, 0.05) is 36.2 Å². The Hall–Kier alpha value is -3.58. The van der Waals surface area contributed by atoms with Gasteiger partial charge in [-0.05, 0) is 48.5 Å². The standard InChI is InChI=1S/C24H26N4O3/c29-24(26-12-15-31-22-4-2-1-3-5-22)19-10-11-25-23(18-19)27-20-6-8-21(9-7-20)28-13-16-30-17-14-28/h1-11,18H,12-17H2,(H,25,27)(H,26,29). The van der Waals surface area contributed by atoms with E-state index in [1.165, 1.54) is 5.69 Å². The van der Waals surface area contributed by atoms with Crippen LogP contribution in [0.3, 0.4) is 0 Å². The molecule has 7 heteroatoms. The molecule has 0 saturated carbocycles. The van der Waals surface area contributed by atoms with Crippen molar-refractivity contribution in [3.05, 3.63) is 78.5 Å². The molecule has 0 unspecified atom stereocenters.